The average molecular weight is 493 g/mol. The number of carbonyl (C=O) groups is 2. The van der Waals surface area contributed by atoms with Gasteiger partial charge in [-0.2, -0.15) is 0 Å². The molecule has 2 amide bonds. The van der Waals surface area contributed by atoms with E-state index in [1.54, 1.807) is 11.0 Å². The molecule has 3 aromatic rings. The molecule has 1 N–H and O–H groups in total. The van der Waals surface area contributed by atoms with Crippen molar-refractivity contribution in [1.29, 1.82) is 0 Å². The predicted octanol–water partition coefficient (Wildman–Crippen LogP) is 5.58. The fourth-order valence-electron chi connectivity index (χ4n) is 3.75. The lowest BCUT2D eigenvalue weighted by atomic mass is 10.0. The summed E-state index contributed by atoms with van der Waals surface area (Å²) < 4.78 is 5.79. The first-order valence-electron chi connectivity index (χ1n) is 12.0. The van der Waals surface area contributed by atoms with Gasteiger partial charge in [-0.05, 0) is 48.7 Å². The second kappa shape index (κ2) is 13.5. The van der Waals surface area contributed by atoms with Crippen molar-refractivity contribution in [2.75, 3.05) is 13.2 Å². The Morgan fingerprint density at radius 1 is 0.971 bits per heavy atom. The number of hydrogen-bond donors (Lipinski definition) is 1. The first-order valence-corrected chi connectivity index (χ1v) is 12.4. The van der Waals surface area contributed by atoms with Crippen LogP contribution in [0.15, 0.2) is 78.9 Å². The van der Waals surface area contributed by atoms with Gasteiger partial charge < -0.3 is 15.0 Å². The van der Waals surface area contributed by atoms with Crippen LogP contribution in [0.4, 0.5) is 0 Å². The molecule has 35 heavy (non-hydrogen) atoms. The SMILES string of the molecule is CCCCNC(=O)[C@@H](Cc1ccccc1)N(Cc1cccc(Cl)c1)C(=O)COc1ccc(C)cc1. The third-order valence-corrected chi connectivity index (χ3v) is 5.96. The van der Waals surface area contributed by atoms with E-state index in [1.807, 2.05) is 79.7 Å². The number of halogens is 1. The number of nitrogens with zero attached hydrogens (tertiary/aromatic N) is 1. The van der Waals surface area contributed by atoms with Crippen molar-refractivity contribution in [2.45, 2.75) is 45.7 Å². The highest BCUT2D eigenvalue weighted by molar-refractivity contribution is 6.30. The molecule has 0 radical (unpaired) electrons. The number of ether oxygens (including phenoxy) is 1. The van der Waals surface area contributed by atoms with Gasteiger partial charge in [0.25, 0.3) is 5.91 Å². The van der Waals surface area contributed by atoms with Crippen molar-refractivity contribution < 1.29 is 14.3 Å². The highest BCUT2D eigenvalue weighted by atomic mass is 35.5. The minimum Gasteiger partial charge on any atom is -0.484 e. The molecule has 0 spiro atoms. The van der Waals surface area contributed by atoms with E-state index in [-0.39, 0.29) is 25.0 Å². The highest BCUT2D eigenvalue weighted by Gasteiger charge is 2.30. The molecule has 0 aliphatic rings. The molecule has 0 fully saturated rings. The molecule has 0 bridgehead atoms. The summed E-state index contributed by atoms with van der Waals surface area (Å²) in [7, 11) is 0. The Bertz CT molecular complexity index is 1090. The smallest absolute Gasteiger partial charge is 0.261 e. The van der Waals surface area contributed by atoms with Gasteiger partial charge in [0.2, 0.25) is 5.91 Å². The van der Waals surface area contributed by atoms with Crippen LogP contribution in [0.25, 0.3) is 0 Å². The summed E-state index contributed by atoms with van der Waals surface area (Å²) in [5.41, 5.74) is 2.94. The lowest BCUT2D eigenvalue weighted by Gasteiger charge is -2.31. The van der Waals surface area contributed by atoms with Gasteiger partial charge >= 0.3 is 0 Å². The van der Waals surface area contributed by atoms with Gasteiger partial charge in [0.1, 0.15) is 11.8 Å². The van der Waals surface area contributed by atoms with Crippen molar-refractivity contribution in [3.63, 3.8) is 0 Å². The van der Waals surface area contributed by atoms with Crippen LogP contribution >= 0.6 is 11.6 Å². The first-order chi connectivity index (χ1) is 17.0. The second-order valence-corrected chi connectivity index (χ2v) is 9.04. The molecule has 6 heteroatoms. The van der Waals surface area contributed by atoms with Gasteiger partial charge in [0.15, 0.2) is 6.61 Å². The van der Waals surface area contributed by atoms with Crippen molar-refractivity contribution in [1.82, 2.24) is 10.2 Å². The van der Waals surface area contributed by atoms with E-state index in [0.717, 1.165) is 29.5 Å². The van der Waals surface area contributed by atoms with Crippen LogP contribution in [0.5, 0.6) is 5.75 Å². The standard InChI is InChI=1S/C29H33ClN2O3/c1-3-4-17-31-29(34)27(19-23-9-6-5-7-10-23)32(20-24-11-8-12-25(30)18-24)28(33)21-35-26-15-13-22(2)14-16-26/h5-16,18,27H,3-4,17,19-21H2,1-2H3,(H,31,34)/t27-/m1/s1. The van der Waals surface area contributed by atoms with E-state index < -0.39 is 6.04 Å². The molecule has 0 aromatic heterocycles. The van der Waals surface area contributed by atoms with Gasteiger partial charge in [0, 0.05) is 24.5 Å². The van der Waals surface area contributed by atoms with Crippen molar-refractivity contribution in [2.24, 2.45) is 0 Å². The molecule has 0 heterocycles. The highest BCUT2D eigenvalue weighted by Crippen LogP contribution is 2.18. The minimum absolute atomic E-state index is 0.169. The zero-order valence-electron chi connectivity index (χ0n) is 20.4. The Hall–Kier alpha value is -3.31. The van der Waals surface area contributed by atoms with Crippen LogP contribution < -0.4 is 10.1 Å². The number of rotatable bonds is 12. The summed E-state index contributed by atoms with van der Waals surface area (Å²) in [6.07, 6.45) is 2.25. The summed E-state index contributed by atoms with van der Waals surface area (Å²) in [5.74, 6) is 0.170. The maximum Gasteiger partial charge on any atom is 0.261 e. The molecule has 0 aliphatic heterocycles. The van der Waals surface area contributed by atoms with Crippen LogP contribution in [-0.2, 0) is 22.6 Å². The summed E-state index contributed by atoms with van der Waals surface area (Å²) in [6.45, 7) is 4.71. The largest absolute Gasteiger partial charge is 0.484 e. The quantitative estimate of drug-likeness (QED) is 0.335. The summed E-state index contributed by atoms with van der Waals surface area (Å²) >= 11 is 6.21. The van der Waals surface area contributed by atoms with Crippen LogP contribution in [0.3, 0.4) is 0 Å². The Morgan fingerprint density at radius 3 is 2.37 bits per heavy atom. The van der Waals surface area contributed by atoms with Crippen LogP contribution in [0.1, 0.15) is 36.5 Å². The molecule has 3 rings (SSSR count). The fraction of sp³-hybridized carbons (Fsp3) is 0.310. The monoisotopic (exact) mass is 492 g/mol. The number of carbonyl (C=O) groups excluding carboxylic acids is 2. The van der Waals surface area contributed by atoms with E-state index in [9.17, 15) is 9.59 Å². The van der Waals surface area contributed by atoms with E-state index in [0.29, 0.717) is 23.7 Å². The molecule has 184 valence electrons. The molecule has 3 aromatic carbocycles. The van der Waals surface area contributed by atoms with Gasteiger partial charge in [0.05, 0.1) is 0 Å². The third-order valence-electron chi connectivity index (χ3n) is 5.73. The molecule has 5 nitrogen and oxygen atoms in total. The molecule has 0 unspecified atom stereocenters. The van der Waals surface area contributed by atoms with Crippen molar-refractivity contribution in [3.8, 4) is 5.75 Å². The lowest BCUT2D eigenvalue weighted by Crippen LogP contribution is -2.51. The van der Waals surface area contributed by atoms with Gasteiger partial charge in [-0.3, -0.25) is 9.59 Å². The van der Waals surface area contributed by atoms with E-state index in [2.05, 4.69) is 12.2 Å². The molecule has 0 aliphatic carbocycles. The molecular formula is C29H33ClN2O3. The molecule has 0 saturated carbocycles. The van der Waals surface area contributed by atoms with Crippen LogP contribution in [0, 0.1) is 6.92 Å². The summed E-state index contributed by atoms with van der Waals surface area (Å²) in [5, 5.41) is 3.60. The Kier molecular flexibility index (Phi) is 10.2. The lowest BCUT2D eigenvalue weighted by molar-refractivity contribution is -0.142. The summed E-state index contributed by atoms with van der Waals surface area (Å²) in [6, 6.07) is 23.9. The van der Waals surface area contributed by atoms with Gasteiger partial charge in [-0.25, -0.2) is 0 Å². The first kappa shape index (κ1) is 26.3. The molecule has 0 saturated heterocycles. The minimum atomic E-state index is -0.692. The molecular weight excluding hydrogens is 460 g/mol. The Morgan fingerprint density at radius 2 is 1.69 bits per heavy atom. The van der Waals surface area contributed by atoms with E-state index in [1.165, 1.54) is 0 Å². The number of benzene rings is 3. The van der Waals surface area contributed by atoms with Crippen LogP contribution in [0.2, 0.25) is 5.02 Å². The van der Waals surface area contributed by atoms with E-state index in [4.69, 9.17) is 16.3 Å². The topological polar surface area (TPSA) is 58.6 Å². The van der Waals surface area contributed by atoms with Gasteiger partial charge in [-0.15, -0.1) is 0 Å². The zero-order valence-corrected chi connectivity index (χ0v) is 21.1. The Balaban J connectivity index is 1.87. The number of nitrogens with one attached hydrogen (secondary N) is 1. The summed E-state index contributed by atoms with van der Waals surface area (Å²) in [4.78, 5) is 28.5. The van der Waals surface area contributed by atoms with Crippen LogP contribution in [-0.4, -0.2) is 35.9 Å². The number of hydrogen-bond acceptors (Lipinski definition) is 3. The zero-order chi connectivity index (χ0) is 25.0. The van der Waals surface area contributed by atoms with E-state index >= 15 is 0 Å². The normalized spacial score (nSPS) is 11.5. The van der Waals surface area contributed by atoms with Crippen molar-refractivity contribution >= 4 is 23.4 Å². The maximum absolute atomic E-state index is 13.5. The number of amides is 2. The molecule has 1 atom stereocenters. The third kappa shape index (κ3) is 8.45. The predicted molar refractivity (Wildman–Crippen MR) is 141 cm³/mol. The number of unbranched alkanes of at least 4 members (excludes halogenated alkanes) is 1. The Labute approximate surface area is 213 Å². The number of aryl methyl sites for hydroxylation is 1. The average Bonchev–Trinajstić information content (AvgIpc) is 2.86. The fourth-order valence-corrected chi connectivity index (χ4v) is 3.97. The second-order valence-electron chi connectivity index (χ2n) is 8.60. The van der Waals surface area contributed by atoms with Crippen molar-refractivity contribution in [3.05, 3.63) is 101 Å². The van der Waals surface area contributed by atoms with Gasteiger partial charge in [-0.1, -0.05) is 85.1 Å². The maximum atomic E-state index is 13.5.